The van der Waals surface area contributed by atoms with Crippen LogP contribution in [0.2, 0.25) is 0 Å². The fraction of sp³-hybridized carbons (Fsp3) is 0.725. The number of unbranched alkanes of at least 4 members (excludes halogenated alkanes) is 2. The summed E-state index contributed by atoms with van der Waals surface area (Å²) >= 11 is 0. The van der Waals surface area contributed by atoms with Crippen molar-refractivity contribution in [3.8, 4) is 0 Å². The Bertz CT molecular complexity index is 1100. The fourth-order valence-electron chi connectivity index (χ4n) is 9.61. The first-order chi connectivity index (χ1) is 27.8. The molecule has 6 rings (SSSR count). The Labute approximate surface area is 381 Å². The van der Waals surface area contributed by atoms with Gasteiger partial charge in [0.25, 0.3) is 0 Å². The van der Waals surface area contributed by atoms with E-state index in [0.717, 1.165) is 46.9 Å². The van der Waals surface area contributed by atoms with Crippen LogP contribution in [-0.4, -0.2) is 59.6 Å². The molecule has 4 fully saturated rings. The number of benzene rings is 2. The van der Waals surface area contributed by atoms with Crippen LogP contribution in [0.3, 0.4) is 0 Å². The van der Waals surface area contributed by atoms with Crippen molar-refractivity contribution in [3.05, 3.63) is 107 Å². The standard InChI is InChI=1S/C37H70N4P2.2C7H7.Zr/c1-30(2)40-36(42(32-20-10-5-11-21-32)33-22-12-6-13-23-33)38-28-18-9-19-29-39-37(41-31(3)4)43(34-24-14-7-15-25-34)35-26-16-8-17-27-35;2*1-7-5-3-2-4-6-7;/h30-37H,5-29H2,1-4H3;2*2-6H,1H2;/q-4;2*-1;. The largest absolute Gasteiger partial charge is 0.674 e. The summed E-state index contributed by atoms with van der Waals surface area (Å²) in [6, 6.07) is 20.5. The molecule has 2 aromatic carbocycles. The van der Waals surface area contributed by atoms with Gasteiger partial charge >= 0.3 is 0 Å². The first kappa shape index (κ1) is 52.1. The second-order valence-corrected chi connectivity index (χ2v) is 23.7. The zero-order valence-corrected chi connectivity index (χ0v) is 41.9. The quantitative estimate of drug-likeness (QED) is 0.0813. The fourth-order valence-corrected chi connectivity index (χ4v) is 17.6. The molecule has 0 bridgehead atoms. The average Bonchev–Trinajstić information content (AvgIpc) is 3.23. The van der Waals surface area contributed by atoms with Crippen molar-refractivity contribution in [2.75, 3.05) is 13.1 Å². The van der Waals surface area contributed by atoms with Gasteiger partial charge in [-0.2, -0.15) is 49.2 Å². The normalized spacial score (nSPS) is 19.9. The maximum absolute atomic E-state index is 5.45. The van der Waals surface area contributed by atoms with Crippen molar-refractivity contribution < 1.29 is 26.2 Å². The molecule has 0 aliphatic heterocycles. The van der Waals surface area contributed by atoms with E-state index in [4.69, 9.17) is 21.3 Å². The number of hydrogen-bond acceptors (Lipinski definition) is 0. The minimum atomic E-state index is -0.121. The third-order valence-electron chi connectivity index (χ3n) is 12.5. The zero-order chi connectivity index (χ0) is 40.5. The second kappa shape index (κ2) is 31.6. The van der Waals surface area contributed by atoms with Crippen molar-refractivity contribution in [2.24, 2.45) is 0 Å². The molecule has 58 heavy (non-hydrogen) atoms. The van der Waals surface area contributed by atoms with Gasteiger partial charge in [-0.05, 0) is 74.0 Å². The molecule has 4 aliphatic rings. The van der Waals surface area contributed by atoms with Crippen LogP contribution in [0.1, 0.15) is 187 Å². The third-order valence-corrected chi connectivity index (χ3v) is 19.6. The van der Waals surface area contributed by atoms with Crippen LogP contribution in [0.4, 0.5) is 0 Å². The Morgan fingerprint density at radius 3 is 0.948 bits per heavy atom. The molecule has 2 aromatic rings. The Hall–Kier alpha value is -0.237. The van der Waals surface area contributed by atoms with Crippen LogP contribution in [0.15, 0.2) is 60.7 Å². The van der Waals surface area contributed by atoms with Gasteiger partial charge < -0.3 is 21.3 Å². The minimum absolute atomic E-state index is 0. The van der Waals surface area contributed by atoms with E-state index in [1.807, 2.05) is 60.7 Å². The van der Waals surface area contributed by atoms with Crippen LogP contribution >= 0.6 is 15.8 Å². The number of rotatable bonds is 18. The molecule has 4 nitrogen and oxygen atoms in total. The molecule has 0 aromatic heterocycles. The maximum atomic E-state index is 5.45. The molecule has 4 aliphatic carbocycles. The molecule has 0 amide bonds. The van der Waals surface area contributed by atoms with Crippen molar-refractivity contribution >= 4 is 15.8 Å². The van der Waals surface area contributed by atoms with E-state index in [1.165, 1.54) is 148 Å². The molecule has 0 N–H and O–H groups in total. The van der Waals surface area contributed by atoms with E-state index in [1.54, 1.807) is 0 Å². The molecule has 0 spiro atoms. The van der Waals surface area contributed by atoms with E-state index >= 15 is 0 Å². The van der Waals surface area contributed by atoms with Crippen molar-refractivity contribution in [3.63, 3.8) is 0 Å². The molecule has 0 heterocycles. The van der Waals surface area contributed by atoms with E-state index < -0.39 is 0 Å². The van der Waals surface area contributed by atoms with Crippen LogP contribution in [0.25, 0.3) is 21.3 Å². The van der Waals surface area contributed by atoms with Crippen LogP contribution in [-0.2, 0) is 26.2 Å². The van der Waals surface area contributed by atoms with Gasteiger partial charge in [0.1, 0.15) is 0 Å². The number of hydrogen-bond donors (Lipinski definition) is 0. The SMILES string of the molecule is CC(C)[N-]C([N-]CCCCC[N-]C([N-]C(C)C)P(C1CCCCC1)C1CCCCC1)P(C1CCCCC1)C1CCCCC1.[CH2-]c1ccccc1.[CH2-]c1ccccc1.[Zr]. The Morgan fingerprint density at radius 2 is 0.724 bits per heavy atom. The monoisotopic (exact) mass is 905 g/mol. The summed E-state index contributed by atoms with van der Waals surface area (Å²) < 4.78 is 0. The molecule has 0 saturated heterocycles. The topological polar surface area (TPSA) is 56.4 Å². The third kappa shape index (κ3) is 20.8. The summed E-state index contributed by atoms with van der Waals surface area (Å²) in [5, 5.41) is 21.6. The average molecular weight is 906 g/mol. The molecule has 2 unspecified atom stereocenters. The zero-order valence-electron chi connectivity index (χ0n) is 37.7. The van der Waals surface area contributed by atoms with Gasteiger partial charge in [0, 0.05) is 26.2 Å². The van der Waals surface area contributed by atoms with E-state index in [0.29, 0.717) is 23.9 Å². The molecule has 7 heteroatoms. The van der Waals surface area contributed by atoms with Gasteiger partial charge in [0.15, 0.2) is 0 Å². The summed E-state index contributed by atoms with van der Waals surface area (Å²) in [6.07, 6.45) is 32.7. The van der Waals surface area contributed by atoms with Crippen molar-refractivity contribution in [2.45, 2.75) is 222 Å². The first-order valence-corrected chi connectivity index (χ1v) is 26.9. The van der Waals surface area contributed by atoms with Crippen molar-refractivity contribution in [1.82, 2.24) is 0 Å². The summed E-state index contributed by atoms with van der Waals surface area (Å²) in [5.41, 5.74) is 5.84. The first-order valence-electron chi connectivity index (χ1n) is 23.8. The Morgan fingerprint density at radius 1 is 0.448 bits per heavy atom. The summed E-state index contributed by atoms with van der Waals surface area (Å²) in [7, 11) is -0.241. The van der Waals surface area contributed by atoms with Crippen LogP contribution < -0.4 is 0 Å². The van der Waals surface area contributed by atoms with E-state index in [9.17, 15) is 0 Å². The molecule has 2 atom stereocenters. The van der Waals surface area contributed by atoms with Crippen molar-refractivity contribution in [1.29, 1.82) is 0 Å². The van der Waals surface area contributed by atoms with E-state index in [-0.39, 0.29) is 42.0 Å². The smallest absolute Gasteiger partial charge is 0 e. The molecule has 328 valence electrons. The predicted octanol–water partition coefficient (Wildman–Crippen LogP) is 17.1. The number of nitrogens with zero attached hydrogens (tertiary/aromatic N) is 4. The second-order valence-electron chi connectivity index (χ2n) is 18.1. The van der Waals surface area contributed by atoms with E-state index in [2.05, 4.69) is 41.5 Å². The Balaban J connectivity index is 0.000000501. The Kier molecular flexibility index (Phi) is 28.4. The summed E-state index contributed by atoms with van der Waals surface area (Å²) in [5.74, 6) is 0.601. The van der Waals surface area contributed by atoms with Gasteiger partial charge in [-0.25, -0.2) is 11.8 Å². The predicted molar refractivity (Wildman–Crippen MR) is 258 cm³/mol. The van der Waals surface area contributed by atoms with Gasteiger partial charge in [-0.3, -0.25) is 0 Å². The molecular weight excluding hydrogens is 822 g/mol. The molecule has 0 radical (unpaired) electrons. The minimum Gasteiger partial charge on any atom is -0.674 e. The molecule has 4 saturated carbocycles. The van der Waals surface area contributed by atoms with Gasteiger partial charge in [-0.1, -0.05) is 136 Å². The maximum Gasteiger partial charge on any atom is 0 e. The molecular formula is C51H84N4P2Zr-6. The van der Waals surface area contributed by atoms with Gasteiger partial charge in [0.2, 0.25) is 0 Å². The summed E-state index contributed by atoms with van der Waals surface area (Å²) in [4.78, 5) is 0. The van der Waals surface area contributed by atoms with Crippen LogP contribution in [0.5, 0.6) is 0 Å². The summed E-state index contributed by atoms with van der Waals surface area (Å²) in [6.45, 7) is 18.6. The van der Waals surface area contributed by atoms with Gasteiger partial charge in [-0.15, -0.1) is 65.3 Å². The van der Waals surface area contributed by atoms with Crippen LogP contribution in [0, 0.1) is 13.8 Å². The van der Waals surface area contributed by atoms with Gasteiger partial charge in [0.05, 0.1) is 0 Å².